The van der Waals surface area contributed by atoms with Crippen LogP contribution in [0.25, 0.3) is 22.6 Å². The number of aryl methyl sites for hydroxylation is 2. The Morgan fingerprint density at radius 3 is 2.59 bits per heavy atom. The summed E-state index contributed by atoms with van der Waals surface area (Å²) in [5, 5.41) is 0. The minimum Gasteiger partial charge on any atom is -0.376 e. The monoisotopic (exact) mass is 464 g/mol. The number of halogens is 2. The molecule has 0 unspecified atom stereocenters. The van der Waals surface area contributed by atoms with E-state index in [9.17, 15) is 4.39 Å². The van der Waals surface area contributed by atoms with Crippen molar-refractivity contribution in [3.05, 3.63) is 70.9 Å². The van der Waals surface area contributed by atoms with Crippen molar-refractivity contribution >= 4 is 11.2 Å². The standard InChI is InChI=1S/C25H26F2N6O/c1-4-34-21-13-32(14-21)11-17-5-6-18(22(27)7-17)12-33-24(19-8-20(26)10-28-9-19)31-23-15(2)29-16(3)30-25(23)33/h5-10,21H,4,11-14H2,1-3H3. The molecule has 0 N–H and O–H groups in total. The molecule has 34 heavy (non-hydrogen) atoms. The minimum atomic E-state index is -0.469. The van der Waals surface area contributed by atoms with Crippen LogP contribution >= 0.6 is 0 Å². The van der Waals surface area contributed by atoms with E-state index in [0.29, 0.717) is 52.8 Å². The second kappa shape index (κ2) is 9.15. The zero-order valence-corrected chi connectivity index (χ0v) is 19.4. The van der Waals surface area contributed by atoms with Crippen molar-refractivity contribution < 1.29 is 13.5 Å². The van der Waals surface area contributed by atoms with Crippen molar-refractivity contribution in [3.8, 4) is 11.4 Å². The number of nitrogens with zero attached hydrogens (tertiary/aromatic N) is 6. The summed E-state index contributed by atoms with van der Waals surface area (Å²) in [5.41, 5.74) is 3.80. The van der Waals surface area contributed by atoms with Gasteiger partial charge in [0, 0.05) is 43.6 Å². The van der Waals surface area contributed by atoms with E-state index in [2.05, 4.69) is 24.8 Å². The fraction of sp³-hybridized carbons (Fsp3) is 0.360. The van der Waals surface area contributed by atoms with Gasteiger partial charge in [0.15, 0.2) is 5.65 Å². The Hall–Kier alpha value is -3.30. The predicted octanol–water partition coefficient (Wildman–Crippen LogP) is 4.05. The van der Waals surface area contributed by atoms with E-state index in [4.69, 9.17) is 4.74 Å². The molecule has 1 aliphatic rings. The van der Waals surface area contributed by atoms with Crippen molar-refractivity contribution in [2.45, 2.75) is 40.0 Å². The fourth-order valence-corrected chi connectivity index (χ4v) is 4.42. The van der Waals surface area contributed by atoms with Crippen LogP contribution in [0.5, 0.6) is 0 Å². The Morgan fingerprint density at radius 2 is 1.85 bits per heavy atom. The summed E-state index contributed by atoms with van der Waals surface area (Å²) in [6, 6.07) is 6.69. The van der Waals surface area contributed by atoms with Gasteiger partial charge in [-0.3, -0.25) is 9.88 Å². The first-order valence-corrected chi connectivity index (χ1v) is 11.3. The topological polar surface area (TPSA) is 69.0 Å². The molecule has 0 aliphatic carbocycles. The van der Waals surface area contributed by atoms with Gasteiger partial charge in [-0.05, 0) is 38.5 Å². The van der Waals surface area contributed by atoms with Crippen LogP contribution in [0.15, 0.2) is 36.7 Å². The number of pyridine rings is 1. The molecular weight excluding hydrogens is 438 g/mol. The van der Waals surface area contributed by atoms with Gasteiger partial charge in [0.1, 0.15) is 28.8 Å². The number of imidazole rings is 1. The molecule has 0 amide bonds. The molecule has 3 aromatic heterocycles. The molecule has 4 heterocycles. The van der Waals surface area contributed by atoms with Gasteiger partial charge in [-0.1, -0.05) is 12.1 Å². The molecule has 5 rings (SSSR count). The summed E-state index contributed by atoms with van der Waals surface area (Å²) >= 11 is 0. The summed E-state index contributed by atoms with van der Waals surface area (Å²) in [4.78, 5) is 19.8. The second-order valence-corrected chi connectivity index (χ2v) is 8.64. The average Bonchev–Trinajstić information content (AvgIpc) is 3.13. The van der Waals surface area contributed by atoms with Crippen LogP contribution in [0.4, 0.5) is 8.78 Å². The Bertz CT molecular complexity index is 1350. The smallest absolute Gasteiger partial charge is 0.164 e. The van der Waals surface area contributed by atoms with Crippen LogP contribution in [0.1, 0.15) is 29.6 Å². The first-order chi connectivity index (χ1) is 16.4. The van der Waals surface area contributed by atoms with Gasteiger partial charge in [0.25, 0.3) is 0 Å². The van der Waals surface area contributed by atoms with E-state index >= 15 is 4.39 Å². The van der Waals surface area contributed by atoms with Crippen molar-refractivity contribution in [2.75, 3.05) is 19.7 Å². The fourth-order valence-electron chi connectivity index (χ4n) is 4.42. The zero-order valence-electron chi connectivity index (χ0n) is 19.4. The summed E-state index contributed by atoms with van der Waals surface area (Å²) in [6.45, 7) is 8.95. The van der Waals surface area contributed by atoms with Crippen LogP contribution in [-0.4, -0.2) is 55.2 Å². The number of hydrogen-bond acceptors (Lipinski definition) is 6. The quantitative estimate of drug-likeness (QED) is 0.411. The number of likely N-dealkylation sites (tertiary alicyclic amines) is 1. The molecule has 1 fully saturated rings. The normalized spacial score (nSPS) is 14.6. The summed E-state index contributed by atoms with van der Waals surface area (Å²) in [6.07, 6.45) is 2.95. The molecule has 0 saturated carbocycles. The predicted molar refractivity (Wildman–Crippen MR) is 124 cm³/mol. The van der Waals surface area contributed by atoms with E-state index in [1.807, 2.05) is 19.9 Å². The maximum atomic E-state index is 15.2. The molecule has 9 heteroatoms. The third kappa shape index (κ3) is 4.41. The maximum Gasteiger partial charge on any atom is 0.164 e. The highest BCUT2D eigenvalue weighted by molar-refractivity contribution is 5.79. The first kappa shape index (κ1) is 22.5. The van der Waals surface area contributed by atoms with Gasteiger partial charge in [-0.2, -0.15) is 0 Å². The minimum absolute atomic E-state index is 0.195. The molecule has 1 aliphatic heterocycles. The summed E-state index contributed by atoms with van der Waals surface area (Å²) in [7, 11) is 0. The highest BCUT2D eigenvalue weighted by Crippen LogP contribution is 2.27. The van der Waals surface area contributed by atoms with Gasteiger partial charge in [-0.25, -0.2) is 23.7 Å². The lowest BCUT2D eigenvalue weighted by Gasteiger charge is -2.38. The second-order valence-electron chi connectivity index (χ2n) is 8.64. The van der Waals surface area contributed by atoms with Crippen molar-refractivity contribution in [3.63, 3.8) is 0 Å². The van der Waals surface area contributed by atoms with Crippen LogP contribution in [0.2, 0.25) is 0 Å². The summed E-state index contributed by atoms with van der Waals surface area (Å²) in [5.74, 6) is 0.289. The Morgan fingerprint density at radius 1 is 1.03 bits per heavy atom. The van der Waals surface area contributed by atoms with Gasteiger partial charge in [-0.15, -0.1) is 0 Å². The highest BCUT2D eigenvalue weighted by atomic mass is 19.1. The van der Waals surface area contributed by atoms with Crippen LogP contribution in [-0.2, 0) is 17.8 Å². The van der Waals surface area contributed by atoms with E-state index in [1.54, 1.807) is 29.8 Å². The molecule has 176 valence electrons. The first-order valence-electron chi connectivity index (χ1n) is 11.3. The molecule has 0 spiro atoms. The van der Waals surface area contributed by atoms with Crippen LogP contribution < -0.4 is 0 Å². The number of fused-ring (bicyclic) bond motifs is 1. The molecule has 0 radical (unpaired) electrons. The molecular formula is C25H26F2N6O. The number of ether oxygens (including phenoxy) is 1. The molecule has 4 aromatic rings. The van der Waals surface area contributed by atoms with E-state index in [0.717, 1.165) is 24.8 Å². The SMILES string of the molecule is CCOC1CN(Cc2ccc(Cn3c(-c4cncc(F)c4)nc4c(C)nc(C)nc43)c(F)c2)C1. The molecule has 1 aromatic carbocycles. The van der Waals surface area contributed by atoms with E-state index in [-0.39, 0.29) is 18.5 Å². The van der Waals surface area contributed by atoms with Crippen LogP contribution in [0, 0.1) is 25.5 Å². The lowest BCUT2D eigenvalue weighted by atomic mass is 10.1. The Kier molecular flexibility index (Phi) is 6.05. The highest BCUT2D eigenvalue weighted by Gasteiger charge is 2.27. The van der Waals surface area contributed by atoms with E-state index < -0.39 is 5.82 Å². The zero-order chi connectivity index (χ0) is 23.8. The van der Waals surface area contributed by atoms with Gasteiger partial charge < -0.3 is 9.30 Å². The average molecular weight is 465 g/mol. The molecule has 0 atom stereocenters. The lowest BCUT2D eigenvalue weighted by molar-refractivity contribution is -0.0531. The third-order valence-electron chi connectivity index (χ3n) is 6.02. The molecule has 1 saturated heterocycles. The molecule has 0 bridgehead atoms. The van der Waals surface area contributed by atoms with Crippen molar-refractivity contribution in [1.29, 1.82) is 0 Å². The number of hydrogen-bond donors (Lipinski definition) is 0. The Balaban J connectivity index is 1.47. The largest absolute Gasteiger partial charge is 0.376 e. The number of benzene rings is 1. The molecule has 7 nitrogen and oxygen atoms in total. The van der Waals surface area contributed by atoms with E-state index in [1.165, 1.54) is 6.07 Å². The third-order valence-corrected chi connectivity index (χ3v) is 6.02. The lowest BCUT2D eigenvalue weighted by Crippen LogP contribution is -2.51. The van der Waals surface area contributed by atoms with Gasteiger partial charge in [0.05, 0.1) is 24.5 Å². The Labute approximate surface area is 196 Å². The number of rotatable bonds is 7. The van der Waals surface area contributed by atoms with Crippen molar-refractivity contribution in [1.82, 2.24) is 29.4 Å². The van der Waals surface area contributed by atoms with Gasteiger partial charge in [0.2, 0.25) is 0 Å². The van der Waals surface area contributed by atoms with Crippen LogP contribution in [0.3, 0.4) is 0 Å². The number of aromatic nitrogens is 5. The van der Waals surface area contributed by atoms with Gasteiger partial charge >= 0.3 is 0 Å². The summed E-state index contributed by atoms with van der Waals surface area (Å²) < 4.78 is 36.5. The van der Waals surface area contributed by atoms with Crippen molar-refractivity contribution in [2.24, 2.45) is 0 Å². The maximum absolute atomic E-state index is 15.2.